The van der Waals surface area contributed by atoms with Gasteiger partial charge in [-0.05, 0) is 74.5 Å². The largest absolute Gasteiger partial charge is 0.489 e. The van der Waals surface area contributed by atoms with Crippen LogP contribution in [0.1, 0.15) is 41.6 Å². The molecule has 30 heavy (non-hydrogen) atoms. The molecule has 1 saturated heterocycles. The molecule has 1 saturated carbocycles. The maximum Gasteiger partial charge on any atom is 0.253 e. The summed E-state index contributed by atoms with van der Waals surface area (Å²) in [6.45, 7) is 3.77. The van der Waals surface area contributed by atoms with E-state index < -0.39 is 5.82 Å². The van der Waals surface area contributed by atoms with E-state index >= 15 is 0 Å². The van der Waals surface area contributed by atoms with Crippen LogP contribution in [-0.4, -0.2) is 48.5 Å². The van der Waals surface area contributed by atoms with Crippen molar-refractivity contribution < 1.29 is 13.9 Å². The number of rotatable bonds is 7. The number of nitrogens with zero attached hydrogens (tertiary/aromatic N) is 2. The van der Waals surface area contributed by atoms with Crippen molar-refractivity contribution in [1.29, 1.82) is 0 Å². The normalized spacial score (nSPS) is 21.3. The topological polar surface area (TPSA) is 32.8 Å². The highest BCUT2D eigenvalue weighted by Gasteiger charge is 2.33. The van der Waals surface area contributed by atoms with Gasteiger partial charge >= 0.3 is 0 Å². The number of halogens is 2. The maximum atomic E-state index is 13.4. The first kappa shape index (κ1) is 21.1. The summed E-state index contributed by atoms with van der Waals surface area (Å²) < 4.78 is 19.5. The van der Waals surface area contributed by atoms with E-state index in [0.29, 0.717) is 23.0 Å². The van der Waals surface area contributed by atoms with Crippen molar-refractivity contribution >= 4 is 17.5 Å². The van der Waals surface area contributed by atoms with Crippen LogP contribution in [0.25, 0.3) is 0 Å². The van der Waals surface area contributed by atoms with Crippen LogP contribution in [0.3, 0.4) is 0 Å². The fraction of sp³-hybridized carbons (Fsp3) is 0.458. The second kappa shape index (κ2) is 9.36. The average molecular weight is 431 g/mol. The van der Waals surface area contributed by atoms with E-state index in [2.05, 4.69) is 11.0 Å². The molecule has 0 N–H and O–H groups in total. The summed E-state index contributed by atoms with van der Waals surface area (Å²) in [7, 11) is 1.76. The molecule has 0 atom stereocenters. The van der Waals surface area contributed by atoms with Crippen molar-refractivity contribution in [2.24, 2.45) is 5.92 Å². The highest BCUT2D eigenvalue weighted by molar-refractivity contribution is 6.32. The van der Waals surface area contributed by atoms with Gasteiger partial charge in [-0.1, -0.05) is 29.8 Å². The Labute approximate surface area is 182 Å². The van der Waals surface area contributed by atoms with Gasteiger partial charge in [-0.2, -0.15) is 0 Å². The Morgan fingerprint density at radius 1 is 1.20 bits per heavy atom. The van der Waals surface area contributed by atoms with Crippen LogP contribution < -0.4 is 4.74 Å². The quantitative estimate of drug-likeness (QED) is 0.619. The first-order chi connectivity index (χ1) is 14.5. The van der Waals surface area contributed by atoms with E-state index in [1.54, 1.807) is 24.1 Å². The van der Waals surface area contributed by atoms with E-state index in [-0.39, 0.29) is 12.0 Å². The molecule has 0 bridgehead atoms. The molecule has 2 fully saturated rings. The van der Waals surface area contributed by atoms with E-state index in [9.17, 15) is 9.18 Å². The lowest BCUT2D eigenvalue weighted by Gasteiger charge is -2.37. The van der Waals surface area contributed by atoms with Gasteiger partial charge in [0, 0.05) is 25.7 Å². The molecule has 2 aromatic carbocycles. The van der Waals surface area contributed by atoms with Crippen LogP contribution in [0.4, 0.5) is 4.39 Å². The van der Waals surface area contributed by atoms with E-state index in [0.717, 1.165) is 43.8 Å². The van der Waals surface area contributed by atoms with Crippen molar-refractivity contribution in [3.8, 4) is 5.75 Å². The van der Waals surface area contributed by atoms with Gasteiger partial charge in [0.15, 0.2) is 0 Å². The molecule has 1 aliphatic heterocycles. The molecule has 4 rings (SSSR count). The van der Waals surface area contributed by atoms with Crippen molar-refractivity contribution in [2.75, 3.05) is 26.7 Å². The van der Waals surface area contributed by atoms with Crippen LogP contribution in [0.5, 0.6) is 5.75 Å². The Morgan fingerprint density at radius 2 is 1.93 bits per heavy atom. The SMILES string of the molecule is CN(CC1CC(Oc2cccc(CN3CCCC3)c2Cl)C1)C(=O)c1cccc(F)c1. The number of likely N-dealkylation sites (tertiary alicyclic amines) is 1. The zero-order valence-corrected chi connectivity index (χ0v) is 18.1. The lowest BCUT2D eigenvalue weighted by molar-refractivity contribution is 0.0419. The molecule has 160 valence electrons. The zero-order valence-electron chi connectivity index (χ0n) is 17.3. The van der Waals surface area contributed by atoms with Crippen molar-refractivity contribution in [3.05, 3.63) is 64.4 Å². The van der Waals surface area contributed by atoms with Crippen LogP contribution >= 0.6 is 11.6 Å². The van der Waals surface area contributed by atoms with Gasteiger partial charge in [0.2, 0.25) is 0 Å². The average Bonchev–Trinajstić information content (AvgIpc) is 3.21. The first-order valence-corrected chi connectivity index (χ1v) is 11.0. The van der Waals surface area contributed by atoms with Crippen LogP contribution in [0, 0.1) is 11.7 Å². The Hall–Kier alpha value is -2.11. The van der Waals surface area contributed by atoms with E-state index in [1.807, 2.05) is 12.1 Å². The van der Waals surface area contributed by atoms with Gasteiger partial charge < -0.3 is 9.64 Å². The molecule has 0 spiro atoms. The summed E-state index contributed by atoms with van der Waals surface area (Å²) in [6.07, 6.45) is 4.40. The molecular weight excluding hydrogens is 403 g/mol. The van der Waals surface area contributed by atoms with E-state index in [4.69, 9.17) is 16.3 Å². The number of benzene rings is 2. The van der Waals surface area contributed by atoms with Gasteiger partial charge in [0.05, 0.1) is 11.1 Å². The smallest absolute Gasteiger partial charge is 0.253 e. The first-order valence-electron chi connectivity index (χ1n) is 10.7. The minimum atomic E-state index is -0.393. The predicted octanol–water partition coefficient (Wildman–Crippen LogP) is 5.00. The molecule has 2 aliphatic rings. The third-order valence-corrected chi connectivity index (χ3v) is 6.50. The van der Waals surface area contributed by atoms with Crippen LogP contribution in [0.2, 0.25) is 5.02 Å². The molecule has 2 aromatic rings. The van der Waals surface area contributed by atoms with Crippen molar-refractivity contribution in [3.63, 3.8) is 0 Å². The van der Waals surface area contributed by atoms with Gasteiger partial charge in [-0.3, -0.25) is 9.69 Å². The zero-order chi connectivity index (χ0) is 21.1. The number of hydrogen-bond acceptors (Lipinski definition) is 3. The molecule has 6 heteroatoms. The Balaban J connectivity index is 1.27. The highest BCUT2D eigenvalue weighted by atomic mass is 35.5. The Morgan fingerprint density at radius 3 is 2.67 bits per heavy atom. The van der Waals surface area contributed by atoms with Gasteiger partial charge in [-0.15, -0.1) is 0 Å². The summed E-state index contributed by atoms with van der Waals surface area (Å²) in [5.74, 6) is 0.580. The van der Waals surface area contributed by atoms with Gasteiger partial charge in [-0.25, -0.2) is 4.39 Å². The standard InChI is InChI=1S/C24H28ClFN2O2/c1-27(24(29)18-6-4-8-20(26)14-18)15-17-12-21(13-17)30-22-9-5-7-19(23(22)25)16-28-10-2-3-11-28/h4-9,14,17,21H,2-3,10-13,15-16H2,1H3. The van der Waals surface area contributed by atoms with Crippen LogP contribution in [0.15, 0.2) is 42.5 Å². The second-order valence-corrected chi connectivity index (χ2v) is 8.86. The lowest BCUT2D eigenvalue weighted by atomic mass is 9.82. The van der Waals surface area contributed by atoms with Crippen molar-refractivity contribution in [2.45, 2.75) is 38.3 Å². The number of amides is 1. The maximum absolute atomic E-state index is 13.4. The number of hydrogen-bond donors (Lipinski definition) is 0. The highest BCUT2D eigenvalue weighted by Crippen LogP contribution is 2.36. The lowest BCUT2D eigenvalue weighted by Crippen LogP contribution is -2.42. The summed E-state index contributed by atoms with van der Waals surface area (Å²) >= 11 is 6.62. The molecule has 1 heterocycles. The monoisotopic (exact) mass is 430 g/mol. The summed E-state index contributed by atoms with van der Waals surface area (Å²) in [6, 6.07) is 11.8. The molecule has 0 unspecified atom stereocenters. The van der Waals surface area contributed by atoms with Crippen molar-refractivity contribution in [1.82, 2.24) is 9.80 Å². The third-order valence-electron chi connectivity index (χ3n) is 6.07. The Kier molecular flexibility index (Phi) is 6.59. The van der Waals surface area contributed by atoms with Crippen LogP contribution in [-0.2, 0) is 6.54 Å². The predicted molar refractivity (Wildman–Crippen MR) is 116 cm³/mol. The molecular formula is C24H28ClFN2O2. The molecule has 0 aromatic heterocycles. The van der Waals surface area contributed by atoms with Gasteiger partial charge in [0.25, 0.3) is 5.91 Å². The summed E-state index contributed by atoms with van der Waals surface area (Å²) in [4.78, 5) is 16.6. The van der Waals surface area contributed by atoms with Gasteiger partial charge in [0.1, 0.15) is 11.6 Å². The minimum Gasteiger partial charge on any atom is -0.489 e. The minimum absolute atomic E-state index is 0.118. The van der Waals surface area contributed by atoms with E-state index in [1.165, 1.54) is 25.0 Å². The second-order valence-electron chi connectivity index (χ2n) is 8.49. The molecule has 1 amide bonds. The third kappa shape index (κ3) is 4.96. The number of carbonyl (C=O) groups excluding carboxylic acids is 1. The Bertz CT molecular complexity index is 895. The molecule has 4 nitrogen and oxygen atoms in total. The molecule has 1 aliphatic carbocycles. The fourth-order valence-electron chi connectivity index (χ4n) is 4.36. The summed E-state index contributed by atoms with van der Waals surface area (Å²) in [5, 5.41) is 0.714. The summed E-state index contributed by atoms with van der Waals surface area (Å²) in [5.41, 5.74) is 1.50. The fourth-order valence-corrected chi connectivity index (χ4v) is 4.59. The number of carbonyl (C=O) groups is 1. The number of ether oxygens (including phenoxy) is 1. The molecule has 0 radical (unpaired) electrons.